The van der Waals surface area contributed by atoms with E-state index < -0.39 is 28.7 Å². The Morgan fingerprint density at radius 3 is 2.83 bits per heavy atom. The Labute approximate surface area is 130 Å². The van der Waals surface area contributed by atoms with Crippen molar-refractivity contribution in [2.24, 2.45) is 5.10 Å². The molecule has 0 bridgehead atoms. The number of carbonyl (C=O) groups is 3. The number of unbranched alkanes of at least 4 members (excludes halogenated alkanes) is 1. The highest BCUT2D eigenvalue weighted by molar-refractivity contribution is 6.15. The molecule has 0 unspecified atom stereocenters. The van der Waals surface area contributed by atoms with Gasteiger partial charge in [0.1, 0.15) is 11.5 Å². The number of urea groups is 1. The van der Waals surface area contributed by atoms with Crippen LogP contribution in [0.4, 0.5) is 10.7 Å². The first kappa shape index (κ1) is 16.3. The van der Waals surface area contributed by atoms with Gasteiger partial charge in [0, 0.05) is 6.42 Å². The fourth-order valence-electron chi connectivity index (χ4n) is 1.90. The first-order valence-electron chi connectivity index (χ1n) is 6.89. The van der Waals surface area contributed by atoms with Gasteiger partial charge in [-0.2, -0.15) is 10.0 Å². The molecule has 4 amide bonds. The smallest absolute Gasteiger partial charge is 0.400 e. The Hall–Kier alpha value is -3.04. The minimum Gasteiger partial charge on any atom is -0.400 e. The number of nitrogens with zero attached hydrogens (tertiary/aromatic N) is 4. The van der Waals surface area contributed by atoms with Crippen LogP contribution >= 0.6 is 0 Å². The number of nitro groups is 1. The summed E-state index contributed by atoms with van der Waals surface area (Å²) in [4.78, 5) is 46.0. The lowest BCUT2D eigenvalue weighted by Crippen LogP contribution is -2.37. The number of carbonyl (C=O) groups excluding carboxylic acids is 3. The SMILES string of the molecule is CCCCC(=O)N1C(=O)CN(/N=C/c2ccc([N+](=O)[O-])o2)C1=O. The van der Waals surface area contributed by atoms with Gasteiger partial charge in [-0.15, -0.1) is 0 Å². The maximum atomic E-state index is 12.0. The van der Waals surface area contributed by atoms with E-state index >= 15 is 0 Å². The largest absolute Gasteiger partial charge is 0.433 e. The third kappa shape index (κ3) is 3.59. The van der Waals surface area contributed by atoms with Gasteiger partial charge in [0.15, 0.2) is 5.76 Å². The average Bonchev–Trinajstić information content (AvgIpc) is 3.08. The van der Waals surface area contributed by atoms with Crippen molar-refractivity contribution in [3.8, 4) is 0 Å². The monoisotopic (exact) mass is 322 g/mol. The highest BCUT2D eigenvalue weighted by Gasteiger charge is 2.40. The molecule has 1 aromatic rings. The minimum absolute atomic E-state index is 0.0488. The summed E-state index contributed by atoms with van der Waals surface area (Å²) in [7, 11) is 0. The standard InChI is InChI=1S/C13H14N4O6/c1-2-3-4-10(18)16-11(19)8-15(13(16)20)14-7-9-5-6-12(23-9)17(21)22/h5-7H,2-4,8H2,1H3/b14-7+. The van der Waals surface area contributed by atoms with Crippen LogP contribution in [0.15, 0.2) is 21.7 Å². The van der Waals surface area contributed by atoms with Gasteiger partial charge in [-0.3, -0.25) is 19.7 Å². The quantitative estimate of drug-likeness (QED) is 0.338. The lowest BCUT2D eigenvalue weighted by Gasteiger charge is -2.11. The van der Waals surface area contributed by atoms with Crippen molar-refractivity contribution in [3.05, 3.63) is 28.0 Å². The van der Waals surface area contributed by atoms with Crippen molar-refractivity contribution in [3.63, 3.8) is 0 Å². The molecule has 10 heteroatoms. The molecule has 0 atom stereocenters. The fourth-order valence-corrected chi connectivity index (χ4v) is 1.90. The summed E-state index contributed by atoms with van der Waals surface area (Å²) in [5.41, 5.74) is 0. The molecule has 1 fully saturated rings. The molecule has 0 aliphatic carbocycles. The number of hydrogen-bond donors (Lipinski definition) is 0. The van der Waals surface area contributed by atoms with Crippen molar-refractivity contribution >= 4 is 29.9 Å². The van der Waals surface area contributed by atoms with E-state index in [0.717, 1.165) is 23.7 Å². The topological polar surface area (TPSA) is 126 Å². The van der Waals surface area contributed by atoms with Crippen molar-refractivity contribution in [2.45, 2.75) is 26.2 Å². The zero-order chi connectivity index (χ0) is 17.0. The molecular weight excluding hydrogens is 308 g/mol. The van der Waals surface area contributed by atoms with E-state index in [1.807, 2.05) is 6.92 Å². The molecule has 0 N–H and O–H groups in total. The second-order valence-electron chi connectivity index (χ2n) is 4.74. The van der Waals surface area contributed by atoms with Gasteiger partial charge >= 0.3 is 11.9 Å². The third-order valence-electron chi connectivity index (χ3n) is 3.06. The summed E-state index contributed by atoms with van der Waals surface area (Å²) >= 11 is 0. The van der Waals surface area contributed by atoms with E-state index in [9.17, 15) is 24.5 Å². The number of furan rings is 1. The minimum atomic E-state index is -0.839. The predicted octanol–water partition coefficient (Wildman–Crippen LogP) is 1.50. The van der Waals surface area contributed by atoms with Gasteiger partial charge in [-0.25, -0.2) is 9.80 Å². The Morgan fingerprint density at radius 1 is 1.48 bits per heavy atom. The van der Waals surface area contributed by atoms with Crippen LogP contribution in [-0.4, -0.2) is 45.4 Å². The van der Waals surface area contributed by atoms with Crippen molar-refractivity contribution in [2.75, 3.05) is 6.54 Å². The fraction of sp³-hybridized carbons (Fsp3) is 0.385. The van der Waals surface area contributed by atoms with Crippen LogP contribution in [-0.2, 0) is 9.59 Å². The van der Waals surface area contributed by atoms with E-state index in [2.05, 4.69) is 5.10 Å². The summed E-state index contributed by atoms with van der Waals surface area (Å²) < 4.78 is 4.84. The van der Waals surface area contributed by atoms with Crippen molar-refractivity contribution in [1.29, 1.82) is 0 Å². The van der Waals surface area contributed by atoms with E-state index in [0.29, 0.717) is 11.3 Å². The first-order valence-corrected chi connectivity index (χ1v) is 6.89. The zero-order valence-electron chi connectivity index (χ0n) is 12.3. The van der Waals surface area contributed by atoms with Gasteiger partial charge in [-0.05, 0) is 12.5 Å². The molecule has 0 spiro atoms. The Bertz CT molecular complexity index is 680. The number of rotatable bonds is 6. The molecule has 0 aromatic carbocycles. The second kappa shape index (κ2) is 6.81. The predicted molar refractivity (Wildman–Crippen MR) is 76.4 cm³/mol. The third-order valence-corrected chi connectivity index (χ3v) is 3.06. The van der Waals surface area contributed by atoms with Crippen LogP contribution < -0.4 is 0 Å². The molecule has 10 nitrogen and oxygen atoms in total. The molecule has 1 aliphatic heterocycles. The molecule has 1 saturated heterocycles. The van der Waals surface area contributed by atoms with Crippen LogP contribution in [0.1, 0.15) is 31.9 Å². The zero-order valence-corrected chi connectivity index (χ0v) is 12.3. The highest BCUT2D eigenvalue weighted by Crippen LogP contribution is 2.16. The van der Waals surface area contributed by atoms with Gasteiger partial charge in [0.05, 0.1) is 12.3 Å². The van der Waals surface area contributed by atoms with E-state index in [1.165, 1.54) is 6.07 Å². The number of amides is 4. The molecular formula is C13H14N4O6. The number of imide groups is 3. The van der Waals surface area contributed by atoms with Crippen LogP contribution in [0.3, 0.4) is 0 Å². The summed E-state index contributed by atoms with van der Waals surface area (Å²) in [6, 6.07) is 1.60. The van der Waals surface area contributed by atoms with Crippen molar-refractivity contribution < 1.29 is 23.7 Å². The highest BCUT2D eigenvalue weighted by atomic mass is 16.6. The van der Waals surface area contributed by atoms with Gasteiger partial charge in [0.25, 0.3) is 5.91 Å². The Morgan fingerprint density at radius 2 is 2.22 bits per heavy atom. The van der Waals surface area contributed by atoms with Crippen molar-refractivity contribution in [1.82, 2.24) is 9.91 Å². The van der Waals surface area contributed by atoms with Gasteiger partial charge < -0.3 is 4.42 Å². The molecule has 1 aromatic heterocycles. The van der Waals surface area contributed by atoms with Crippen LogP contribution in [0.5, 0.6) is 0 Å². The molecule has 0 radical (unpaired) electrons. The van der Waals surface area contributed by atoms with E-state index in [-0.39, 0.29) is 18.7 Å². The van der Waals surface area contributed by atoms with Crippen LogP contribution in [0.2, 0.25) is 0 Å². The van der Waals surface area contributed by atoms with Crippen LogP contribution in [0.25, 0.3) is 0 Å². The molecule has 122 valence electrons. The van der Waals surface area contributed by atoms with Gasteiger partial charge in [0.2, 0.25) is 5.91 Å². The normalized spacial score (nSPS) is 15.0. The molecule has 2 heterocycles. The lowest BCUT2D eigenvalue weighted by molar-refractivity contribution is -0.402. The second-order valence-corrected chi connectivity index (χ2v) is 4.74. The summed E-state index contributed by atoms with van der Waals surface area (Å²) in [6.07, 6.45) is 2.52. The number of hydrazone groups is 1. The average molecular weight is 322 g/mol. The van der Waals surface area contributed by atoms with E-state index in [4.69, 9.17) is 4.42 Å². The van der Waals surface area contributed by atoms with Crippen LogP contribution in [0, 0.1) is 10.1 Å². The summed E-state index contributed by atoms with van der Waals surface area (Å²) in [5.74, 6) is -1.63. The lowest BCUT2D eigenvalue weighted by atomic mass is 10.2. The maximum Gasteiger partial charge on any atom is 0.433 e. The molecule has 2 rings (SSSR count). The molecule has 0 saturated carbocycles. The van der Waals surface area contributed by atoms with E-state index in [1.54, 1.807) is 0 Å². The summed E-state index contributed by atoms with van der Waals surface area (Å²) in [5, 5.41) is 15.0. The maximum absolute atomic E-state index is 12.0. The molecule has 23 heavy (non-hydrogen) atoms. The molecule has 1 aliphatic rings. The summed E-state index contributed by atoms with van der Waals surface area (Å²) in [6.45, 7) is 1.52. The Kier molecular flexibility index (Phi) is 4.84. The van der Waals surface area contributed by atoms with Gasteiger partial charge in [-0.1, -0.05) is 13.3 Å². The Balaban J connectivity index is 2.05. The number of hydrogen-bond acceptors (Lipinski definition) is 7. The first-order chi connectivity index (χ1) is 10.9.